The number of nitriles is 1. The van der Waals surface area contributed by atoms with Gasteiger partial charge in [0.2, 0.25) is 0 Å². The molecule has 0 unspecified atom stereocenters. The molecule has 0 aliphatic rings. The van der Waals surface area contributed by atoms with E-state index in [0.29, 0.717) is 13.0 Å². The van der Waals surface area contributed by atoms with Crippen molar-refractivity contribution in [3.05, 3.63) is 35.7 Å². The highest BCUT2D eigenvalue weighted by Crippen LogP contribution is 2.25. The molecule has 0 saturated carbocycles. The Labute approximate surface area is 113 Å². The van der Waals surface area contributed by atoms with Crippen molar-refractivity contribution in [3.63, 3.8) is 0 Å². The lowest BCUT2D eigenvalue weighted by molar-refractivity contribution is 0.340. The predicted molar refractivity (Wildman–Crippen MR) is 73.9 cm³/mol. The first-order chi connectivity index (χ1) is 9.17. The quantitative estimate of drug-likeness (QED) is 0.844. The Bertz CT molecular complexity index is 623. The first-order valence-electron chi connectivity index (χ1n) is 6.29. The van der Waals surface area contributed by atoms with Crippen molar-refractivity contribution in [2.75, 3.05) is 6.61 Å². The van der Waals surface area contributed by atoms with Crippen molar-refractivity contribution < 1.29 is 4.74 Å². The summed E-state index contributed by atoms with van der Waals surface area (Å²) in [6.45, 7) is 4.58. The molecule has 4 heteroatoms. The van der Waals surface area contributed by atoms with Gasteiger partial charge in [-0.05, 0) is 26.0 Å². The van der Waals surface area contributed by atoms with Crippen LogP contribution in [0.1, 0.15) is 18.3 Å². The molecule has 0 amide bonds. The molecule has 2 rings (SSSR count). The van der Waals surface area contributed by atoms with Gasteiger partial charge in [0.15, 0.2) is 0 Å². The van der Waals surface area contributed by atoms with E-state index in [4.69, 9.17) is 10.00 Å². The van der Waals surface area contributed by atoms with E-state index in [1.807, 2.05) is 49.7 Å². The maximum atomic E-state index is 8.81. The maximum Gasteiger partial charge on any atom is 0.140 e. The highest BCUT2D eigenvalue weighted by atomic mass is 16.5. The van der Waals surface area contributed by atoms with Gasteiger partial charge in [0, 0.05) is 18.3 Å². The summed E-state index contributed by atoms with van der Waals surface area (Å²) in [5.41, 5.74) is 2.86. The molecule has 1 aromatic heterocycles. The normalized spacial score (nSPS) is 10.2. The van der Waals surface area contributed by atoms with Crippen LogP contribution in [-0.2, 0) is 13.5 Å². The van der Waals surface area contributed by atoms with Gasteiger partial charge in [-0.3, -0.25) is 0 Å². The monoisotopic (exact) mass is 255 g/mol. The highest BCUT2D eigenvalue weighted by Gasteiger charge is 2.12. The highest BCUT2D eigenvalue weighted by molar-refractivity contribution is 5.59. The summed E-state index contributed by atoms with van der Waals surface area (Å²) in [7, 11) is 1.96. The molecule has 1 aromatic carbocycles. The molecule has 0 spiro atoms. The molecule has 4 nitrogen and oxygen atoms in total. The van der Waals surface area contributed by atoms with Crippen LogP contribution in [0.5, 0.6) is 5.75 Å². The first-order valence-corrected chi connectivity index (χ1v) is 6.29. The van der Waals surface area contributed by atoms with Gasteiger partial charge >= 0.3 is 0 Å². The number of nitrogens with zero attached hydrogens (tertiary/aromatic N) is 3. The van der Waals surface area contributed by atoms with Crippen LogP contribution < -0.4 is 4.74 Å². The zero-order valence-electron chi connectivity index (χ0n) is 11.5. The smallest absolute Gasteiger partial charge is 0.140 e. The molecule has 0 aliphatic carbocycles. The van der Waals surface area contributed by atoms with E-state index in [1.54, 1.807) is 0 Å². The van der Waals surface area contributed by atoms with Crippen molar-refractivity contribution in [1.82, 2.24) is 9.55 Å². The second-order valence-electron chi connectivity index (χ2n) is 4.32. The number of hydrogen-bond acceptors (Lipinski definition) is 3. The largest absolute Gasteiger partial charge is 0.494 e. The van der Waals surface area contributed by atoms with E-state index >= 15 is 0 Å². The Morgan fingerprint density at radius 2 is 2.21 bits per heavy atom. The summed E-state index contributed by atoms with van der Waals surface area (Å²) in [6, 6.07) is 10.0. The summed E-state index contributed by atoms with van der Waals surface area (Å²) in [4.78, 5) is 4.56. The van der Waals surface area contributed by atoms with Crippen molar-refractivity contribution in [2.24, 2.45) is 7.05 Å². The first kappa shape index (κ1) is 13.2. The van der Waals surface area contributed by atoms with Crippen LogP contribution in [0.2, 0.25) is 0 Å². The van der Waals surface area contributed by atoms with Crippen LogP contribution >= 0.6 is 0 Å². The topological polar surface area (TPSA) is 50.8 Å². The predicted octanol–water partition coefficient (Wildman–Crippen LogP) is 2.86. The van der Waals surface area contributed by atoms with Crippen molar-refractivity contribution in [2.45, 2.75) is 20.3 Å². The molecule has 98 valence electrons. The molecule has 0 atom stereocenters. The molecular formula is C15H17N3O. The molecule has 0 bridgehead atoms. The van der Waals surface area contributed by atoms with E-state index in [1.165, 1.54) is 0 Å². The standard InChI is InChI=1S/C15H17N3O/c1-4-19-13-7-5-6-12(10-13)15-17-14(8-9-16)11(2)18(15)3/h5-7,10H,4,8H2,1-3H3. The fraction of sp³-hybridized carbons (Fsp3) is 0.333. The molecule has 0 aliphatic heterocycles. The van der Waals surface area contributed by atoms with E-state index < -0.39 is 0 Å². The van der Waals surface area contributed by atoms with Crippen LogP contribution in [-0.4, -0.2) is 16.2 Å². The molecule has 0 N–H and O–H groups in total. The molecule has 0 radical (unpaired) electrons. The summed E-state index contributed by atoms with van der Waals surface area (Å²) >= 11 is 0. The number of rotatable bonds is 4. The van der Waals surface area contributed by atoms with Gasteiger partial charge in [-0.25, -0.2) is 4.98 Å². The number of aromatic nitrogens is 2. The Kier molecular flexibility index (Phi) is 3.86. The third-order valence-electron chi connectivity index (χ3n) is 3.13. The number of benzene rings is 1. The second-order valence-corrected chi connectivity index (χ2v) is 4.32. The van der Waals surface area contributed by atoms with Gasteiger partial charge in [-0.2, -0.15) is 5.26 Å². The summed E-state index contributed by atoms with van der Waals surface area (Å²) < 4.78 is 7.51. The minimum absolute atomic E-state index is 0.338. The van der Waals surface area contributed by atoms with Crippen LogP contribution in [0, 0.1) is 18.3 Å². The number of ether oxygens (including phenoxy) is 1. The molecule has 2 aromatic rings. The zero-order valence-corrected chi connectivity index (χ0v) is 11.5. The van der Waals surface area contributed by atoms with Crippen molar-refractivity contribution in [1.29, 1.82) is 5.26 Å². The van der Waals surface area contributed by atoms with Gasteiger partial charge in [0.1, 0.15) is 11.6 Å². The van der Waals surface area contributed by atoms with Gasteiger partial charge < -0.3 is 9.30 Å². The van der Waals surface area contributed by atoms with Crippen molar-refractivity contribution in [3.8, 4) is 23.2 Å². The Morgan fingerprint density at radius 1 is 1.42 bits per heavy atom. The Hall–Kier alpha value is -2.28. The lowest BCUT2D eigenvalue weighted by Crippen LogP contribution is -1.96. The van der Waals surface area contributed by atoms with E-state index in [2.05, 4.69) is 11.1 Å². The summed E-state index contributed by atoms with van der Waals surface area (Å²) in [5, 5.41) is 8.81. The summed E-state index contributed by atoms with van der Waals surface area (Å²) in [5.74, 6) is 1.70. The minimum atomic E-state index is 0.338. The van der Waals surface area contributed by atoms with Gasteiger partial charge in [0.25, 0.3) is 0 Å². The minimum Gasteiger partial charge on any atom is -0.494 e. The molecule has 0 saturated heterocycles. The molecule has 1 heterocycles. The van der Waals surface area contributed by atoms with Gasteiger partial charge in [0.05, 0.1) is 24.8 Å². The average Bonchev–Trinajstić information content (AvgIpc) is 2.69. The van der Waals surface area contributed by atoms with Crippen LogP contribution in [0.25, 0.3) is 11.4 Å². The van der Waals surface area contributed by atoms with Crippen LogP contribution in [0.4, 0.5) is 0 Å². The average molecular weight is 255 g/mol. The third-order valence-corrected chi connectivity index (χ3v) is 3.13. The molecular weight excluding hydrogens is 238 g/mol. The van der Waals surface area contributed by atoms with Gasteiger partial charge in [-0.15, -0.1) is 0 Å². The SMILES string of the molecule is CCOc1cccc(-c2nc(CC#N)c(C)n2C)c1. The summed E-state index contributed by atoms with van der Waals surface area (Å²) in [6.07, 6.45) is 0.338. The van der Waals surface area contributed by atoms with E-state index in [9.17, 15) is 0 Å². The van der Waals surface area contributed by atoms with Crippen LogP contribution in [0.15, 0.2) is 24.3 Å². The fourth-order valence-corrected chi connectivity index (χ4v) is 2.03. The lowest BCUT2D eigenvalue weighted by Gasteiger charge is -2.06. The van der Waals surface area contributed by atoms with Crippen molar-refractivity contribution >= 4 is 0 Å². The van der Waals surface area contributed by atoms with E-state index in [0.717, 1.165) is 28.5 Å². The van der Waals surface area contributed by atoms with Gasteiger partial charge in [-0.1, -0.05) is 12.1 Å². The molecule has 0 fully saturated rings. The Balaban J connectivity index is 2.44. The Morgan fingerprint density at radius 3 is 2.89 bits per heavy atom. The zero-order chi connectivity index (χ0) is 13.8. The molecule has 19 heavy (non-hydrogen) atoms. The lowest BCUT2D eigenvalue weighted by atomic mass is 10.2. The number of hydrogen-bond donors (Lipinski definition) is 0. The van der Waals surface area contributed by atoms with Crippen LogP contribution in [0.3, 0.4) is 0 Å². The third kappa shape index (κ3) is 2.60. The number of imidazole rings is 1. The fourth-order valence-electron chi connectivity index (χ4n) is 2.03. The van der Waals surface area contributed by atoms with E-state index in [-0.39, 0.29) is 0 Å². The maximum absolute atomic E-state index is 8.81. The second kappa shape index (κ2) is 5.57.